The Morgan fingerprint density at radius 3 is 2.10 bits per heavy atom. The van der Waals surface area contributed by atoms with Crippen molar-refractivity contribution in [2.24, 2.45) is 0 Å². The lowest BCUT2D eigenvalue weighted by Gasteiger charge is -2.24. The van der Waals surface area contributed by atoms with E-state index in [0.717, 1.165) is 4.31 Å². The molecule has 0 unspecified atom stereocenters. The molecule has 4 aromatic rings. The first-order valence-corrected chi connectivity index (χ1v) is 14.7. The van der Waals surface area contributed by atoms with Crippen molar-refractivity contribution >= 4 is 43.0 Å². The molecule has 0 radical (unpaired) electrons. The molecule has 0 aliphatic rings. The summed E-state index contributed by atoms with van der Waals surface area (Å²) >= 11 is 0. The van der Waals surface area contributed by atoms with Crippen LogP contribution in [0.5, 0.6) is 5.75 Å². The van der Waals surface area contributed by atoms with Crippen LogP contribution in [0.25, 0.3) is 0 Å². The number of nitrogens with one attached hydrogen (secondary N) is 2. The van der Waals surface area contributed by atoms with Crippen LogP contribution in [0.1, 0.15) is 6.92 Å². The van der Waals surface area contributed by atoms with E-state index < -0.39 is 32.5 Å². The zero-order valence-electron chi connectivity index (χ0n) is 20.9. The molecule has 0 spiro atoms. The van der Waals surface area contributed by atoms with E-state index >= 15 is 0 Å². The van der Waals surface area contributed by atoms with Crippen LogP contribution >= 0.6 is 0 Å². The third-order valence-electron chi connectivity index (χ3n) is 5.42. The SMILES string of the molecule is CCOc1ccc(S(=O)(=O)N(CC(=O)Nc2ccc(S(=O)(=O)Nc3cccnc3)cc2)c2ccccc2)cc1. The summed E-state index contributed by atoms with van der Waals surface area (Å²) in [5.41, 5.74) is 0.917. The number of anilines is 3. The molecule has 1 heterocycles. The molecule has 0 bridgehead atoms. The van der Waals surface area contributed by atoms with E-state index in [9.17, 15) is 21.6 Å². The maximum atomic E-state index is 13.5. The lowest BCUT2D eigenvalue weighted by molar-refractivity contribution is -0.114. The van der Waals surface area contributed by atoms with Crippen molar-refractivity contribution in [2.45, 2.75) is 16.7 Å². The highest BCUT2D eigenvalue weighted by Crippen LogP contribution is 2.25. The zero-order chi connectivity index (χ0) is 27.9. The Hall–Kier alpha value is -4.42. The molecule has 10 nitrogen and oxygen atoms in total. The van der Waals surface area contributed by atoms with Crippen molar-refractivity contribution in [1.82, 2.24) is 4.98 Å². The highest BCUT2D eigenvalue weighted by atomic mass is 32.2. The first-order chi connectivity index (χ1) is 18.7. The maximum Gasteiger partial charge on any atom is 0.264 e. The van der Waals surface area contributed by atoms with Gasteiger partial charge in [0.25, 0.3) is 20.0 Å². The molecule has 0 aliphatic heterocycles. The van der Waals surface area contributed by atoms with Crippen LogP contribution in [0.2, 0.25) is 0 Å². The van der Waals surface area contributed by atoms with Gasteiger partial charge in [-0.15, -0.1) is 0 Å². The Balaban J connectivity index is 1.51. The lowest BCUT2D eigenvalue weighted by atomic mass is 10.3. The van der Waals surface area contributed by atoms with Gasteiger partial charge in [-0.2, -0.15) is 0 Å². The number of carbonyl (C=O) groups excluding carboxylic acids is 1. The Morgan fingerprint density at radius 2 is 1.49 bits per heavy atom. The standard InChI is InChI=1S/C27H26N4O6S2/c1-2-37-24-12-16-26(17-13-24)39(35,36)31(23-8-4-3-5-9-23)20-27(32)29-21-10-14-25(15-11-21)38(33,34)30-22-7-6-18-28-19-22/h3-19,30H,2,20H2,1H3,(H,29,32). The number of hydrogen-bond donors (Lipinski definition) is 2. The van der Waals surface area contributed by atoms with E-state index in [1.165, 1.54) is 48.8 Å². The fourth-order valence-electron chi connectivity index (χ4n) is 3.60. The Kier molecular flexibility index (Phi) is 8.47. The van der Waals surface area contributed by atoms with E-state index in [0.29, 0.717) is 29.4 Å². The first kappa shape index (κ1) is 27.6. The van der Waals surface area contributed by atoms with Crippen molar-refractivity contribution in [3.05, 3.63) is 103 Å². The summed E-state index contributed by atoms with van der Waals surface area (Å²) in [7, 11) is -7.97. The minimum atomic E-state index is -4.10. The highest BCUT2D eigenvalue weighted by molar-refractivity contribution is 7.93. The number of pyridine rings is 1. The van der Waals surface area contributed by atoms with Crippen LogP contribution in [0.15, 0.2) is 113 Å². The fourth-order valence-corrected chi connectivity index (χ4v) is 6.06. The number of rotatable bonds is 11. The number of benzene rings is 3. The van der Waals surface area contributed by atoms with Crippen molar-refractivity contribution in [3.8, 4) is 5.75 Å². The largest absolute Gasteiger partial charge is 0.494 e. The molecule has 202 valence electrons. The zero-order valence-corrected chi connectivity index (χ0v) is 22.5. The third kappa shape index (κ3) is 6.92. The number of amides is 1. The van der Waals surface area contributed by atoms with Crippen LogP contribution in [0.3, 0.4) is 0 Å². The molecule has 1 aromatic heterocycles. The second-order valence-corrected chi connectivity index (χ2v) is 11.7. The lowest BCUT2D eigenvalue weighted by Crippen LogP contribution is -2.38. The number of nitrogens with zero attached hydrogens (tertiary/aromatic N) is 2. The summed E-state index contributed by atoms with van der Waals surface area (Å²) in [5, 5.41) is 2.63. The fraction of sp³-hybridized carbons (Fsp3) is 0.111. The number of ether oxygens (including phenoxy) is 1. The van der Waals surface area contributed by atoms with Crippen LogP contribution < -0.4 is 19.1 Å². The summed E-state index contributed by atoms with van der Waals surface area (Å²) in [6.45, 7) is 1.75. The van der Waals surface area contributed by atoms with Crippen molar-refractivity contribution in [2.75, 3.05) is 27.5 Å². The van der Waals surface area contributed by atoms with Gasteiger partial charge in [0.15, 0.2) is 0 Å². The Labute approximate surface area is 227 Å². The van der Waals surface area contributed by atoms with Gasteiger partial charge in [-0.1, -0.05) is 18.2 Å². The summed E-state index contributed by atoms with van der Waals surface area (Å²) in [6, 6.07) is 22.9. The molecule has 4 rings (SSSR count). The molecule has 0 saturated heterocycles. The monoisotopic (exact) mass is 566 g/mol. The molecule has 2 N–H and O–H groups in total. The Morgan fingerprint density at radius 1 is 0.821 bits per heavy atom. The van der Waals surface area contributed by atoms with E-state index in [2.05, 4.69) is 15.0 Å². The molecule has 0 aliphatic carbocycles. The van der Waals surface area contributed by atoms with Crippen molar-refractivity contribution < 1.29 is 26.4 Å². The van der Waals surface area contributed by atoms with E-state index in [1.54, 1.807) is 54.6 Å². The molecule has 12 heteroatoms. The van der Waals surface area contributed by atoms with Crippen LogP contribution in [-0.2, 0) is 24.8 Å². The van der Waals surface area contributed by atoms with Crippen LogP contribution in [0, 0.1) is 0 Å². The van der Waals surface area contributed by atoms with E-state index in [4.69, 9.17) is 4.74 Å². The van der Waals surface area contributed by atoms with E-state index in [-0.39, 0.29) is 9.79 Å². The van der Waals surface area contributed by atoms with Gasteiger partial charge in [-0.3, -0.25) is 18.8 Å². The minimum absolute atomic E-state index is 0.00159. The minimum Gasteiger partial charge on any atom is -0.494 e. The van der Waals surface area contributed by atoms with Crippen molar-refractivity contribution in [3.63, 3.8) is 0 Å². The number of carbonyl (C=O) groups is 1. The summed E-state index contributed by atoms with van der Waals surface area (Å²) in [6.07, 6.45) is 2.91. The van der Waals surface area contributed by atoms with Crippen LogP contribution in [0.4, 0.5) is 17.1 Å². The molecule has 39 heavy (non-hydrogen) atoms. The average molecular weight is 567 g/mol. The van der Waals surface area contributed by atoms with Gasteiger partial charge in [0.2, 0.25) is 5.91 Å². The normalized spacial score (nSPS) is 11.4. The number of aromatic nitrogens is 1. The highest BCUT2D eigenvalue weighted by Gasteiger charge is 2.27. The van der Waals surface area contributed by atoms with Crippen LogP contribution in [-0.4, -0.2) is 40.9 Å². The quantitative estimate of drug-likeness (QED) is 0.279. The second kappa shape index (κ2) is 12.0. The van der Waals surface area contributed by atoms with E-state index in [1.807, 2.05) is 6.92 Å². The smallest absolute Gasteiger partial charge is 0.264 e. The summed E-state index contributed by atoms with van der Waals surface area (Å²) < 4.78 is 61.1. The van der Waals surface area contributed by atoms with Crippen molar-refractivity contribution in [1.29, 1.82) is 0 Å². The number of hydrogen-bond acceptors (Lipinski definition) is 7. The average Bonchev–Trinajstić information content (AvgIpc) is 2.93. The molecule has 3 aromatic carbocycles. The third-order valence-corrected chi connectivity index (χ3v) is 8.60. The molecule has 0 saturated carbocycles. The predicted octanol–water partition coefficient (Wildman–Crippen LogP) is 4.12. The first-order valence-electron chi connectivity index (χ1n) is 11.8. The predicted molar refractivity (Wildman–Crippen MR) is 149 cm³/mol. The van der Waals surface area contributed by atoms with Gasteiger partial charge < -0.3 is 10.1 Å². The molecular formula is C27H26N4O6S2. The molecule has 0 atom stereocenters. The van der Waals surface area contributed by atoms with Gasteiger partial charge in [0, 0.05) is 11.9 Å². The van der Waals surface area contributed by atoms with Gasteiger partial charge >= 0.3 is 0 Å². The molecular weight excluding hydrogens is 540 g/mol. The van der Waals surface area contributed by atoms with Gasteiger partial charge in [-0.25, -0.2) is 16.8 Å². The maximum absolute atomic E-state index is 13.5. The van der Waals surface area contributed by atoms with Gasteiger partial charge in [0.05, 0.1) is 34.0 Å². The Bertz CT molecular complexity index is 1610. The summed E-state index contributed by atoms with van der Waals surface area (Å²) in [5.74, 6) is -0.0843. The number of para-hydroxylation sites is 1. The number of sulfonamides is 2. The van der Waals surface area contributed by atoms with Gasteiger partial charge in [-0.05, 0) is 79.7 Å². The molecule has 0 fully saturated rings. The summed E-state index contributed by atoms with van der Waals surface area (Å²) in [4.78, 5) is 16.8. The molecule has 1 amide bonds. The van der Waals surface area contributed by atoms with Gasteiger partial charge in [0.1, 0.15) is 12.3 Å². The topological polar surface area (TPSA) is 135 Å². The second-order valence-electron chi connectivity index (χ2n) is 8.17.